The van der Waals surface area contributed by atoms with Crippen molar-refractivity contribution < 1.29 is 9.53 Å². The predicted octanol–water partition coefficient (Wildman–Crippen LogP) is 2.25. The highest BCUT2D eigenvalue weighted by Gasteiger charge is 2.54. The van der Waals surface area contributed by atoms with Gasteiger partial charge in [-0.1, -0.05) is 48.5 Å². The van der Waals surface area contributed by atoms with Crippen LogP contribution in [-0.4, -0.2) is 16.7 Å². The highest BCUT2D eigenvalue weighted by Crippen LogP contribution is 2.44. The number of fused-ring (bicyclic) bond motifs is 4. The van der Waals surface area contributed by atoms with Crippen molar-refractivity contribution in [3.8, 4) is 5.75 Å². The summed E-state index contributed by atoms with van der Waals surface area (Å²) in [5.74, 6) is 0.246. The van der Waals surface area contributed by atoms with Crippen molar-refractivity contribution >= 4 is 23.2 Å². The van der Waals surface area contributed by atoms with Gasteiger partial charge in [0.05, 0.1) is 6.04 Å². The Morgan fingerprint density at radius 2 is 1.92 bits per heavy atom. The topological polar surface area (TPSA) is 62.4 Å². The molecule has 0 aliphatic carbocycles. The third kappa shape index (κ3) is 2.82. The molecule has 3 unspecified atom stereocenters. The number of amides is 1. The smallest absolute Gasteiger partial charge is 0.231 e. The maximum atomic E-state index is 13.0. The standard InChI is InChI=1S/C19H19N3O2S/c1-19-15(17(23)20-11-12-7-3-2-4-8-12)16(21-18(25)22-19)13-9-5-6-10-14(13)24-19/h2-10,15-16H,11H2,1H3,(H,20,23)(H2,21,22,25). The van der Waals surface area contributed by atoms with Crippen LogP contribution in [0.2, 0.25) is 0 Å². The summed E-state index contributed by atoms with van der Waals surface area (Å²) in [6.07, 6.45) is 0. The minimum absolute atomic E-state index is 0.0756. The molecule has 2 bridgehead atoms. The van der Waals surface area contributed by atoms with Gasteiger partial charge < -0.3 is 20.7 Å². The lowest BCUT2D eigenvalue weighted by Gasteiger charge is -2.50. The first-order chi connectivity index (χ1) is 12.1. The second-order valence-corrected chi connectivity index (χ2v) is 6.91. The van der Waals surface area contributed by atoms with Gasteiger partial charge in [-0.25, -0.2) is 0 Å². The minimum Gasteiger partial charge on any atom is -0.467 e. The van der Waals surface area contributed by atoms with E-state index >= 15 is 0 Å². The van der Waals surface area contributed by atoms with Gasteiger partial charge in [-0.05, 0) is 30.8 Å². The van der Waals surface area contributed by atoms with Crippen molar-refractivity contribution in [3.63, 3.8) is 0 Å². The lowest BCUT2D eigenvalue weighted by atomic mass is 9.80. The molecular formula is C19H19N3O2S. The molecule has 2 aliphatic rings. The molecule has 0 saturated carbocycles. The van der Waals surface area contributed by atoms with Crippen LogP contribution in [0.4, 0.5) is 0 Å². The van der Waals surface area contributed by atoms with Crippen molar-refractivity contribution in [2.24, 2.45) is 5.92 Å². The molecule has 2 heterocycles. The highest BCUT2D eigenvalue weighted by molar-refractivity contribution is 7.80. The van der Waals surface area contributed by atoms with Gasteiger partial charge in [0.2, 0.25) is 5.91 Å². The van der Waals surface area contributed by atoms with Crippen LogP contribution in [0.25, 0.3) is 0 Å². The number of ether oxygens (including phenoxy) is 1. The molecule has 2 aromatic rings. The minimum atomic E-state index is -0.887. The number of thiocarbonyl (C=S) groups is 1. The summed E-state index contributed by atoms with van der Waals surface area (Å²) in [5, 5.41) is 9.89. The zero-order valence-electron chi connectivity index (χ0n) is 13.8. The van der Waals surface area contributed by atoms with E-state index in [0.29, 0.717) is 11.7 Å². The fourth-order valence-electron chi connectivity index (χ4n) is 3.58. The summed E-state index contributed by atoms with van der Waals surface area (Å²) in [6.45, 7) is 2.35. The first-order valence-corrected chi connectivity index (χ1v) is 8.66. The van der Waals surface area contributed by atoms with Crippen LogP contribution in [0.3, 0.4) is 0 Å². The Morgan fingerprint density at radius 1 is 1.20 bits per heavy atom. The quantitative estimate of drug-likeness (QED) is 0.739. The number of carbonyl (C=O) groups excluding carboxylic acids is 1. The van der Waals surface area contributed by atoms with E-state index in [1.54, 1.807) is 0 Å². The normalized spacial score (nSPS) is 26.5. The summed E-state index contributed by atoms with van der Waals surface area (Å²) in [5.41, 5.74) is 1.12. The van der Waals surface area contributed by atoms with Crippen LogP contribution in [0.15, 0.2) is 54.6 Å². The maximum Gasteiger partial charge on any atom is 0.231 e. The molecule has 25 heavy (non-hydrogen) atoms. The van der Waals surface area contributed by atoms with Crippen molar-refractivity contribution in [1.82, 2.24) is 16.0 Å². The number of benzene rings is 2. The van der Waals surface area contributed by atoms with E-state index in [1.165, 1.54) is 0 Å². The Hall–Kier alpha value is -2.60. The van der Waals surface area contributed by atoms with E-state index in [9.17, 15) is 4.79 Å². The third-order valence-corrected chi connectivity index (χ3v) is 4.96. The fraction of sp³-hybridized carbons (Fsp3) is 0.263. The molecule has 1 amide bonds. The highest BCUT2D eigenvalue weighted by atomic mass is 32.1. The number of hydrogen-bond acceptors (Lipinski definition) is 3. The summed E-state index contributed by atoms with van der Waals surface area (Å²) in [4.78, 5) is 13.0. The largest absolute Gasteiger partial charge is 0.467 e. The lowest BCUT2D eigenvalue weighted by Crippen LogP contribution is -2.70. The molecule has 4 rings (SSSR count). The summed E-state index contributed by atoms with van der Waals surface area (Å²) in [6, 6.07) is 17.4. The molecule has 3 atom stereocenters. The van der Waals surface area contributed by atoms with E-state index in [1.807, 2.05) is 61.5 Å². The Labute approximate surface area is 151 Å². The number of nitrogens with one attached hydrogen (secondary N) is 3. The Morgan fingerprint density at radius 3 is 2.72 bits per heavy atom. The third-order valence-electron chi connectivity index (χ3n) is 4.74. The van der Waals surface area contributed by atoms with Gasteiger partial charge >= 0.3 is 0 Å². The van der Waals surface area contributed by atoms with E-state index in [2.05, 4.69) is 16.0 Å². The second kappa shape index (κ2) is 6.04. The first-order valence-electron chi connectivity index (χ1n) is 8.25. The summed E-state index contributed by atoms with van der Waals surface area (Å²) >= 11 is 5.31. The van der Waals surface area contributed by atoms with Crippen LogP contribution < -0.4 is 20.7 Å². The molecule has 0 radical (unpaired) electrons. The predicted molar refractivity (Wildman–Crippen MR) is 98.9 cm³/mol. The van der Waals surface area contributed by atoms with Crippen LogP contribution in [0.5, 0.6) is 5.75 Å². The average Bonchev–Trinajstić information content (AvgIpc) is 2.59. The molecule has 1 saturated heterocycles. The van der Waals surface area contributed by atoms with Crippen LogP contribution in [0, 0.1) is 5.92 Å². The number of carbonyl (C=O) groups is 1. The fourth-order valence-corrected chi connectivity index (χ4v) is 3.91. The maximum absolute atomic E-state index is 13.0. The Bertz CT molecular complexity index is 826. The molecule has 0 spiro atoms. The van der Waals surface area contributed by atoms with Gasteiger partial charge in [-0.3, -0.25) is 4.79 Å². The van der Waals surface area contributed by atoms with E-state index in [0.717, 1.165) is 16.9 Å². The van der Waals surface area contributed by atoms with E-state index < -0.39 is 11.6 Å². The molecule has 2 aliphatic heterocycles. The molecular weight excluding hydrogens is 334 g/mol. The van der Waals surface area contributed by atoms with Crippen molar-refractivity contribution in [2.45, 2.75) is 25.2 Å². The molecule has 128 valence electrons. The number of hydrogen-bond donors (Lipinski definition) is 3. The number of rotatable bonds is 3. The summed E-state index contributed by atoms with van der Waals surface area (Å²) < 4.78 is 6.15. The SMILES string of the molecule is CC12NC(=S)NC(c3ccccc3O1)C2C(=O)NCc1ccccc1. The monoisotopic (exact) mass is 353 g/mol. The van der Waals surface area contributed by atoms with Crippen LogP contribution in [0.1, 0.15) is 24.1 Å². The lowest BCUT2D eigenvalue weighted by molar-refractivity contribution is -0.138. The molecule has 0 aromatic heterocycles. The zero-order valence-corrected chi connectivity index (χ0v) is 14.6. The van der Waals surface area contributed by atoms with Gasteiger partial charge in [0.25, 0.3) is 0 Å². The van der Waals surface area contributed by atoms with Crippen molar-refractivity contribution in [3.05, 3.63) is 65.7 Å². The first kappa shape index (κ1) is 15.9. The Balaban J connectivity index is 1.62. The van der Waals surface area contributed by atoms with Crippen molar-refractivity contribution in [2.75, 3.05) is 0 Å². The molecule has 1 fully saturated rings. The van der Waals surface area contributed by atoms with Gasteiger partial charge in [-0.2, -0.15) is 0 Å². The second-order valence-electron chi connectivity index (χ2n) is 6.50. The van der Waals surface area contributed by atoms with E-state index in [4.69, 9.17) is 17.0 Å². The zero-order chi connectivity index (χ0) is 17.4. The Kier molecular flexibility index (Phi) is 3.84. The number of para-hydroxylation sites is 1. The van der Waals surface area contributed by atoms with Crippen molar-refractivity contribution in [1.29, 1.82) is 0 Å². The average molecular weight is 353 g/mol. The molecule has 5 nitrogen and oxygen atoms in total. The molecule has 3 N–H and O–H groups in total. The van der Waals surface area contributed by atoms with Crippen LogP contribution in [-0.2, 0) is 11.3 Å². The van der Waals surface area contributed by atoms with Gasteiger partial charge in [0.1, 0.15) is 11.7 Å². The molecule has 2 aromatic carbocycles. The van der Waals surface area contributed by atoms with E-state index in [-0.39, 0.29) is 11.9 Å². The summed E-state index contributed by atoms with van der Waals surface area (Å²) in [7, 11) is 0. The van der Waals surface area contributed by atoms with Gasteiger partial charge in [-0.15, -0.1) is 0 Å². The van der Waals surface area contributed by atoms with Crippen LogP contribution >= 0.6 is 12.2 Å². The van der Waals surface area contributed by atoms with Gasteiger partial charge in [0, 0.05) is 12.1 Å². The van der Waals surface area contributed by atoms with Gasteiger partial charge in [0.15, 0.2) is 10.8 Å². The molecule has 6 heteroatoms.